The Balaban J connectivity index is 2.73. The standard InChI is InChI=1S/C22H24O6/c1-6-7-8-15-11-16(14-9-10-18(25-2)19(13-14)26-3)12-17(21(23)27-4)20(15)22(24)28-5/h6,9-13H,1,7-8H2,2-5H3. The van der Waals surface area contributed by atoms with Gasteiger partial charge in [-0.1, -0.05) is 18.2 Å². The Morgan fingerprint density at radius 1 is 0.893 bits per heavy atom. The third-order valence-corrected chi connectivity index (χ3v) is 4.35. The second-order valence-electron chi connectivity index (χ2n) is 5.94. The highest BCUT2D eigenvalue weighted by atomic mass is 16.5. The first-order valence-electron chi connectivity index (χ1n) is 8.67. The fourth-order valence-electron chi connectivity index (χ4n) is 2.95. The van der Waals surface area contributed by atoms with Crippen molar-refractivity contribution in [3.8, 4) is 22.6 Å². The number of ether oxygens (including phenoxy) is 4. The van der Waals surface area contributed by atoms with Gasteiger partial charge in [0.2, 0.25) is 0 Å². The van der Waals surface area contributed by atoms with E-state index in [0.717, 1.165) is 11.1 Å². The third-order valence-electron chi connectivity index (χ3n) is 4.35. The summed E-state index contributed by atoms with van der Waals surface area (Å²) in [7, 11) is 5.67. The molecule has 0 aliphatic carbocycles. The Hall–Kier alpha value is -3.28. The maximum Gasteiger partial charge on any atom is 0.339 e. The van der Waals surface area contributed by atoms with E-state index >= 15 is 0 Å². The fraction of sp³-hybridized carbons (Fsp3) is 0.273. The Bertz CT molecular complexity index is 885. The summed E-state index contributed by atoms with van der Waals surface area (Å²) in [5, 5.41) is 0. The molecule has 0 aromatic heterocycles. The first kappa shape index (κ1) is 21.0. The molecule has 0 bridgehead atoms. The van der Waals surface area contributed by atoms with E-state index in [1.165, 1.54) is 14.2 Å². The van der Waals surface area contributed by atoms with E-state index in [2.05, 4.69) is 6.58 Å². The summed E-state index contributed by atoms with van der Waals surface area (Å²) >= 11 is 0. The summed E-state index contributed by atoms with van der Waals surface area (Å²) < 4.78 is 20.4. The van der Waals surface area contributed by atoms with Gasteiger partial charge in [0.1, 0.15) is 0 Å². The second-order valence-corrected chi connectivity index (χ2v) is 5.94. The van der Waals surface area contributed by atoms with Gasteiger partial charge < -0.3 is 18.9 Å². The molecule has 0 aliphatic rings. The molecule has 2 aromatic rings. The van der Waals surface area contributed by atoms with Crippen molar-refractivity contribution in [3.63, 3.8) is 0 Å². The van der Waals surface area contributed by atoms with E-state index in [9.17, 15) is 9.59 Å². The lowest BCUT2D eigenvalue weighted by molar-refractivity contribution is 0.0554. The number of benzene rings is 2. The van der Waals surface area contributed by atoms with E-state index in [1.54, 1.807) is 32.4 Å². The lowest BCUT2D eigenvalue weighted by Gasteiger charge is -2.16. The molecule has 0 amide bonds. The summed E-state index contributed by atoms with van der Waals surface area (Å²) in [6, 6.07) is 8.93. The molecule has 0 spiro atoms. The number of hydrogen-bond donors (Lipinski definition) is 0. The van der Waals surface area contributed by atoms with Crippen molar-refractivity contribution < 1.29 is 28.5 Å². The number of methoxy groups -OCH3 is 4. The van der Waals surface area contributed by atoms with Crippen molar-refractivity contribution in [2.75, 3.05) is 28.4 Å². The Morgan fingerprint density at radius 2 is 1.57 bits per heavy atom. The van der Waals surface area contributed by atoms with Crippen LogP contribution in [-0.2, 0) is 15.9 Å². The summed E-state index contributed by atoms with van der Waals surface area (Å²) in [6.07, 6.45) is 2.92. The number of hydrogen-bond acceptors (Lipinski definition) is 6. The first-order valence-corrected chi connectivity index (χ1v) is 8.67. The minimum absolute atomic E-state index is 0.153. The van der Waals surface area contributed by atoms with Gasteiger partial charge in [-0.2, -0.15) is 0 Å². The van der Waals surface area contributed by atoms with Crippen molar-refractivity contribution in [2.45, 2.75) is 12.8 Å². The summed E-state index contributed by atoms with van der Waals surface area (Å²) in [5.41, 5.74) is 2.59. The van der Waals surface area contributed by atoms with E-state index in [-0.39, 0.29) is 11.1 Å². The number of rotatable bonds is 8. The molecule has 2 rings (SSSR count). The maximum absolute atomic E-state index is 12.4. The van der Waals surface area contributed by atoms with Crippen LogP contribution in [0.15, 0.2) is 43.0 Å². The number of aryl methyl sites for hydroxylation is 1. The molecule has 28 heavy (non-hydrogen) atoms. The Morgan fingerprint density at radius 3 is 2.14 bits per heavy atom. The highest BCUT2D eigenvalue weighted by Gasteiger charge is 2.24. The summed E-state index contributed by atoms with van der Waals surface area (Å²) in [4.78, 5) is 24.8. The molecule has 0 saturated heterocycles. The molecular weight excluding hydrogens is 360 g/mol. The van der Waals surface area contributed by atoms with Crippen molar-refractivity contribution in [2.24, 2.45) is 0 Å². The molecule has 0 saturated carbocycles. The average Bonchev–Trinajstić information content (AvgIpc) is 2.75. The van der Waals surface area contributed by atoms with Crippen LogP contribution in [0.3, 0.4) is 0 Å². The molecule has 0 heterocycles. The Labute approximate surface area is 164 Å². The van der Waals surface area contributed by atoms with E-state index in [4.69, 9.17) is 18.9 Å². The zero-order valence-corrected chi connectivity index (χ0v) is 16.5. The van der Waals surface area contributed by atoms with Gasteiger partial charge >= 0.3 is 11.9 Å². The zero-order chi connectivity index (χ0) is 20.7. The lowest BCUT2D eigenvalue weighted by atomic mass is 9.91. The number of carbonyl (C=O) groups excluding carboxylic acids is 2. The Kier molecular flexibility index (Phi) is 7.21. The summed E-state index contributed by atoms with van der Waals surface area (Å²) in [6.45, 7) is 3.73. The number of allylic oxidation sites excluding steroid dienone is 1. The van der Waals surface area contributed by atoms with E-state index in [1.807, 2.05) is 18.2 Å². The SMILES string of the molecule is C=CCCc1cc(-c2ccc(OC)c(OC)c2)cc(C(=O)OC)c1C(=O)OC. The van der Waals surface area contributed by atoms with Crippen LogP contribution in [-0.4, -0.2) is 40.4 Å². The molecule has 6 nitrogen and oxygen atoms in total. The molecule has 2 aromatic carbocycles. The highest BCUT2D eigenvalue weighted by molar-refractivity contribution is 6.05. The van der Waals surface area contributed by atoms with Gasteiger partial charge in [0, 0.05) is 0 Å². The summed E-state index contributed by atoms with van der Waals surface area (Å²) in [5.74, 6) is -0.0392. The molecule has 0 radical (unpaired) electrons. The van der Waals surface area contributed by atoms with Gasteiger partial charge in [-0.3, -0.25) is 0 Å². The van der Waals surface area contributed by atoms with Crippen molar-refractivity contribution in [1.82, 2.24) is 0 Å². The quantitative estimate of drug-likeness (QED) is 0.505. The van der Waals surface area contributed by atoms with Gasteiger partial charge in [0.25, 0.3) is 0 Å². The van der Waals surface area contributed by atoms with Gasteiger partial charge in [0.15, 0.2) is 11.5 Å². The van der Waals surface area contributed by atoms with Crippen LogP contribution >= 0.6 is 0 Å². The predicted octanol–water partition coefficient (Wildman–Crippen LogP) is 4.06. The lowest BCUT2D eigenvalue weighted by Crippen LogP contribution is -2.15. The molecule has 148 valence electrons. The van der Waals surface area contributed by atoms with Gasteiger partial charge in [-0.15, -0.1) is 6.58 Å². The largest absolute Gasteiger partial charge is 0.493 e. The third kappa shape index (κ3) is 4.34. The molecular formula is C22H24O6. The van der Waals surface area contributed by atoms with Crippen molar-refractivity contribution in [1.29, 1.82) is 0 Å². The van der Waals surface area contributed by atoms with Crippen LogP contribution in [0.25, 0.3) is 11.1 Å². The van der Waals surface area contributed by atoms with Crippen LogP contribution in [0.1, 0.15) is 32.7 Å². The number of esters is 2. The first-order chi connectivity index (χ1) is 13.5. The van der Waals surface area contributed by atoms with Crippen LogP contribution in [0.5, 0.6) is 11.5 Å². The smallest absolute Gasteiger partial charge is 0.339 e. The zero-order valence-electron chi connectivity index (χ0n) is 16.5. The van der Waals surface area contributed by atoms with E-state index in [0.29, 0.717) is 29.9 Å². The van der Waals surface area contributed by atoms with Crippen LogP contribution in [0, 0.1) is 0 Å². The van der Waals surface area contributed by atoms with Crippen molar-refractivity contribution in [3.05, 3.63) is 59.7 Å². The monoisotopic (exact) mass is 384 g/mol. The molecule has 6 heteroatoms. The molecule has 0 fully saturated rings. The predicted molar refractivity (Wildman–Crippen MR) is 106 cm³/mol. The minimum Gasteiger partial charge on any atom is -0.493 e. The van der Waals surface area contributed by atoms with Crippen LogP contribution in [0.4, 0.5) is 0 Å². The number of carbonyl (C=O) groups is 2. The molecule has 0 N–H and O–H groups in total. The van der Waals surface area contributed by atoms with Gasteiger partial charge in [-0.05, 0) is 47.7 Å². The van der Waals surface area contributed by atoms with Gasteiger partial charge in [-0.25, -0.2) is 9.59 Å². The molecule has 0 unspecified atom stereocenters. The fourth-order valence-corrected chi connectivity index (χ4v) is 2.95. The van der Waals surface area contributed by atoms with Gasteiger partial charge in [0.05, 0.1) is 39.6 Å². The minimum atomic E-state index is -0.609. The maximum atomic E-state index is 12.4. The highest BCUT2D eigenvalue weighted by Crippen LogP contribution is 2.34. The van der Waals surface area contributed by atoms with Crippen LogP contribution in [0.2, 0.25) is 0 Å². The topological polar surface area (TPSA) is 71.1 Å². The normalized spacial score (nSPS) is 10.1. The van der Waals surface area contributed by atoms with E-state index < -0.39 is 11.9 Å². The van der Waals surface area contributed by atoms with Crippen molar-refractivity contribution >= 4 is 11.9 Å². The molecule has 0 atom stereocenters. The average molecular weight is 384 g/mol. The van der Waals surface area contributed by atoms with Crippen LogP contribution < -0.4 is 9.47 Å². The molecule has 0 aliphatic heterocycles. The second kappa shape index (κ2) is 9.60.